The predicted molar refractivity (Wildman–Crippen MR) is 94.2 cm³/mol. The first-order valence-corrected chi connectivity index (χ1v) is 8.93. The van der Waals surface area contributed by atoms with Crippen molar-refractivity contribution in [3.05, 3.63) is 24.1 Å². The van der Waals surface area contributed by atoms with E-state index < -0.39 is 18.3 Å². The molecular formula is C18H24BFN2O3. The Morgan fingerprint density at radius 2 is 1.88 bits per heavy atom. The van der Waals surface area contributed by atoms with Crippen LogP contribution in [0.4, 0.5) is 4.39 Å². The van der Waals surface area contributed by atoms with Crippen LogP contribution in [-0.2, 0) is 14.0 Å². The van der Waals surface area contributed by atoms with E-state index >= 15 is 4.39 Å². The smallest absolute Gasteiger partial charge is 0.399 e. The van der Waals surface area contributed by atoms with Crippen LogP contribution < -0.4 is 5.46 Å². The molecular weight excluding hydrogens is 322 g/mol. The van der Waals surface area contributed by atoms with Gasteiger partial charge in [0.25, 0.3) is 0 Å². The van der Waals surface area contributed by atoms with Crippen molar-refractivity contribution in [2.45, 2.75) is 64.4 Å². The number of fused-ring (bicyclic) bond motifs is 1. The maximum Gasteiger partial charge on any atom is 0.497 e. The highest BCUT2D eigenvalue weighted by molar-refractivity contribution is 6.62. The largest absolute Gasteiger partial charge is 0.497 e. The number of rotatable bonds is 2. The van der Waals surface area contributed by atoms with Crippen LogP contribution in [0.25, 0.3) is 10.9 Å². The van der Waals surface area contributed by atoms with E-state index in [2.05, 4.69) is 5.10 Å². The van der Waals surface area contributed by atoms with E-state index in [1.807, 2.05) is 33.8 Å². The van der Waals surface area contributed by atoms with Gasteiger partial charge in [0.05, 0.1) is 28.3 Å². The van der Waals surface area contributed by atoms with Gasteiger partial charge in [0, 0.05) is 12.1 Å². The number of ether oxygens (including phenoxy) is 1. The van der Waals surface area contributed by atoms with Gasteiger partial charge in [0.15, 0.2) is 6.23 Å². The van der Waals surface area contributed by atoms with Crippen molar-refractivity contribution in [1.29, 1.82) is 0 Å². The van der Waals surface area contributed by atoms with Crippen LogP contribution in [-0.4, -0.2) is 34.7 Å². The molecule has 2 aromatic rings. The third-order valence-electron chi connectivity index (χ3n) is 5.68. The zero-order valence-corrected chi connectivity index (χ0v) is 15.2. The zero-order valence-electron chi connectivity index (χ0n) is 15.2. The molecule has 0 bridgehead atoms. The van der Waals surface area contributed by atoms with E-state index in [1.54, 1.807) is 16.9 Å². The fourth-order valence-electron chi connectivity index (χ4n) is 3.40. The second kappa shape index (κ2) is 5.79. The van der Waals surface area contributed by atoms with E-state index in [0.717, 1.165) is 31.4 Å². The third kappa shape index (κ3) is 2.69. The van der Waals surface area contributed by atoms with Crippen LogP contribution in [0, 0.1) is 5.82 Å². The van der Waals surface area contributed by atoms with Crippen molar-refractivity contribution < 1.29 is 18.4 Å². The van der Waals surface area contributed by atoms with Crippen LogP contribution in [0.5, 0.6) is 0 Å². The average Bonchev–Trinajstić information content (AvgIpc) is 3.08. The van der Waals surface area contributed by atoms with Gasteiger partial charge in [-0.15, -0.1) is 0 Å². The van der Waals surface area contributed by atoms with E-state index in [1.165, 1.54) is 0 Å². The quantitative estimate of drug-likeness (QED) is 0.784. The maximum absolute atomic E-state index is 15.2. The molecule has 0 saturated carbocycles. The molecule has 3 heterocycles. The highest BCUT2D eigenvalue weighted by Gasteiger charge is 2.52. The summed E-state index contributed by atoms with van der Waals surface area (Å²) in [5.74, 6) is -0.335. The molecule has 1 aromatic heterocycles. The standard InChI is InChI=1S/C18H24BFN2O3/c1-17(2)18(3,4)25-19(24-17)13-8-9-14-12(16(13)20)11-21-22(14)15-7-5-6-10-23-15/h8-9,11,15H,5-7,10H2,1-4H3. The van der Waals surface area contributed by atoms with Crippen molar-refractivity contribution >= 4 is 23.5 Å². The first kappa shape index (κ1) is 17.0. The van der Waals surface area contributed by atoms with Gasteiger partial charge in [-0.2, -0.15) is 5.10 Å². The molecule has 2 aliphatic rings. The topological polar surface area (TPSA) is 45.5 Å². The number of halogens is 1. The molecule has 2 aliphatic heterocycles. The van der Waals surface area contributed by atoms with Crippen molar-refractivity contribution in [3.8, 4) is 0 Å². The van der Waals surface area contributed by atoms with Gasteiger partial charge >= 0.3 is 7.12 Å². The third-order valence-corrected chi connectivity index (χ3v) is 5.68. The lowest BCUT2D eigenvalue weighted by atomic mass is 9.78. The molecule has 1 aromatic carbocycles. The summed E-state index contributed by atoms with van der Waals surface area (Å²) >= 11 is 0. The highest BCUT2D eigenvalue weighted by Crippen LogP contribution is 2.37. The summed E-state index contributed by atoms with van der Waals surface area (Å²) < 4.78 is 34.7. The van der Waals surface area contributed by atoms with Gasteiger partial charge in [-0.25, -0.2) is 9.07 Å². The van der Waals surface area contributed by atoms with E-state index in [9.17, 15) is 0 Å². The molecule has 0 aliphatic carbocycles. The number of nitrogens with zero attached hydrogens (tertiary/aromatic N) is 2. The summed E-state index contributed by atoms with van der Waals surface area (Å²) in [5.41, 5.74) is 0.151. The van der Waals surface area contributed by atoms with Gasteiger partial charge in [-0.3, -0.25) is 0 Å². The normalized spacial score (nSPS) is 25.6. The Morgan fingerprint density at radius 1 is 1.16 bits per heavy atom. The summed E-state index contributed by atoms with van der Waals surface area (Å²) in [6.07, 6.45) is 4.51. The highest BCUT2D eigenvalue weighted by atomic mass is 19.1. The fourth-order valence-corrected chi connectivity index (χ4v) is 3.40. The number of hydrogen-bond donors (Lipinski definition) is 0. The Labute approximate surface area is 147 Å². The Hall–Kier alpha value is -1.44. The first-order valence-electron chi connectivity index (χ1n) is 8.93. The van der Waals surface area contributed by atoms with Crippen LogP contribution in [0.2, 0.25) is 0 Å². The Balaban J connectivity index is 1.70. The molecule has 7 heteroatoms. The molecule has 134 valence electrons. The van der Waals surface area contributed by atoms with Crippen LogP contribution in [0.3, 0.4) is 0 Å². The molecule has 4 rings (SSSR count). The molecule has 25 heavy (non-hydrogen) atoms. The molecule has 2 fully saturated rings. The Morgan fingerprint density at radius 3 is 2.52 bits per heavy atom. The maximum atomic E-state index is 15.2. The van der Waals surface area contributed by atoms with Gasteiger partial charge in [-0.1, -0.05) is 6.07 Å². The summed E-state index contributed by atoms with van der Waals surface area (Å²) in [5, 5.41) is 4.85. The summed E-state index contributed by atoms with van der Waals surface area (Å²) in [7, 11) is -0.719. The van der Waals surface area contributed by atoms with Gasteiger partial charge in [0.1, 0.15) is 5.82 Å². The van der Waals surface area contributed by atoms with Crippen molar-refractivity contribution in [1.82, 2.24) is 9.78 Å². The monoisotopic (exact) mass is 346 g/mol. The van der Waals surface area contributed by atoms with Gasteiger partial charge in [-0.05, 0) is 53.0 Å². The van der Waals surface area contributed by atoms with E-state index in [-0.39, 0.29) is 12.0 Å². The van der Waals surface area contributed by atoms with Gasteiger partial charge < -0.3 is 14.0 Å². The average molecular weight is 346 g/mol. The lowest BCUT2D eigenvalue weighted by Gasteiger charge is -2.32. The number of benzene rings is 1. The minimum atomic E-state index is -0.719. The molecule has 0 amide bonds. The van der Waals surface area contributed by atoms with E-state index in [0.29, 0.717) is 10.8 Å². The SMILES string of the molecule is CC1(C)OB(c2ccc3c(cnn3C3CCCCO3)c2F)OC1(C)C. The van der Waals surface area contributed by atoms with Crippen molar-refractivity contribution in [2.75, 3.05) is 6.61 Å². The molecule has 2 saturated heterocycles. The minimum Gasteiger partial charge on any atom is -0.399 e. The number of hydrogen-bond acceptors (Lipinski definition) is 4. The second-order valence-corrected chi connectivity index (χ2v) is 7.90. The van der Waals surface area contributed by atoms with Gasteiger partial charge in [0.2, 0.25) is 0 Å². The minimum absolute atomic E-state index is 0.117. The summed E-state index contributed by atoms with van der Waals surface area (Å²) in [6.45, 7) is 8.56. The molecule has 0 radical (unpaired) electrons. The Kier molecular flexibility index (Phi) is 3.94. The van der Waals surface area contributed by atoms with Crippen LogP contribution in [0.1, 0.15) is 53.2 Å². The summed E-state index contributed by atoms with van der Waals surface area (Å²) in [4.78, 5) is 0. The molecule has 0 spiro atoms. The van der Waals surface area contributed by atoms with Crippen LogP contribution >= 0.6 is 0 Å². The Bertz CT molecular complexity index is 783. The molecule has 5 nitrogen and oxygen atoms in total. The molecule has 1 unspecified atom stereocenters. The number of aromatic nitrogens is 2. The van der Waals surface area contributed by atoms with Crippen LogP contribution in [0.15, 0.2) is 18.3 Å². The predicted octanol–water partition coefficient (Wildman–Crippen LogP) is 3.17. The second-order valence-electron chi connectivity index (χ2n) is 7.90. The van der Waals surface area contributed by atoms with Crippen molar-refractivity contribution in [3.63, 3.8) is 0 Å². The molecule has 0 N–H and O–H groups in total. The van der Waals surface area contributed by atoms with Crippen molar-refractivity contribution in [2.24, 2.45) is 0 Å². The fraction of sp³-hybridized carbons (Fsp3) is 0.611. The summed E-state index contributed by atoms with van der Waals surface area (Å²) in [6, 6.07) is 3.62. The lowest BCUT2D eigenvalue weighted by Crippen LogP contribution is -2.41. The lowest BCUT2D eigenvalue weighted by molar-refractivity contribution is -0.0366. The first-order chi connectivity index (χ1) is 11.8. The van der Waals surface area contributed by atoms with E-state index in [4.69, 9.17) is 14.0 Å². The molecule has 1 atom stereocenters. The zero-order chi connectivity index (χ0) is 17.8.